The molecular weight excluding hydrogens is 340 g/mol. The highest BCUT2D eigenvalue weighted by Gasteiger charge is 2.14. The van der Waals surface area contributed by atoms with Crippen LogP contribution in [0.5, 0.6) is 11.5 Å². The molecule has 1 amide bonds. The molecule has 146 valence electrons. The van der Waals surface area contributed by atoms with Crippen LogP contribution in [0.3, 0.4) is 0 Å². The summed E-state index contributed by atoms with van der Waals surface area (Å²) in [5.41, 5.74) is 4.23. The summed E-state index contributed by atoms with van der Waals surface area (Å²) in [5.74, 6) is 1.74. The van der Waals surface area contributed by atoms with E-state index in [1.165, 1.54) is 0 Å². The number of anilines is 1. The van der Waals surface area contributed by atoms with E-state index in [9.17, 15) is 4.79 Å². The Hall–Kier alpha value is -2.53. The summed E-state index contributed by atoms with van der Waals surface area (Å²) in [7, 11) is 5.19. The fourth-order valence-corrected chi connectivity index (χ4v) is 3.09. The summed E-state index contributed by atoms with van der Waals surface area (Å²) in [6, 6.07) is 11.9. The molecule has 0 saturated heterocycles. The quantitative estimate of drug-likeness (QED) is 0.756. The molecule has 0 spiro atoms. The van der Waals surface area contributed by atoms with Gasteiger partial charge in [-0.2, -0.15) is 0 Å². The first-order valence-corrected chi connectivity index (χ1v) is 9.14. The van der Waals surface area contributed by atoms with Gasteiger partial charge in [-0.3, -0.25) is 9.69 Å². The topological polar surface area (TPSA) is 50.8 Å². The van der Waals surface area contributed by atoms with Crippen LogP contribution in [-0.2, 0) is 11.3 Å². The summed E-state index contributed by atoms with van der Waals surface area (Å²) < 4.78 is 10.7. The number of hydrogen-bond acceptors (Lipinski definition) is 4. The van der Waals surface area contributed by atoms with E-state index in [4.69, 9.17) is 9.47 Å². The number of carbonyl (C=O) groups is 1. The van der Waals surface area contributed by atoms with E-state index in [2.05, 4.69) is 25.2 Å². The van der Waals surface area contributed by atoms with Crippen LogP contribution in [0.1, 0.15) is 36.5 Å². The Kier molecular flexibility index (Phi) is 7.25. The van der Waals surface area contributed by atoms with Gasteiger partial charge in [0, 0.05) is 12.2 Å². The monoisotopic (exact) mass is 370 g/mol. The average Bonchev–Trinajstić information content (AvgIpc) is 2.63. The molecule has 0 saturated carbocycles. The Morgan fingerprint density at radius 1 is 1.11 bits per heavy atom. The number of benzene rings is 2. The zero-order valence-electron chi connectivity index (χ0n) is 17.1. The van der Waals surface area contributed by atoms with Crippen molar-refractivity contribution in [1.82, 2.24) is 4.90 Å². The van der Waals surface area contributed by atoms with Crippen molar-refractivity contribution in [3.05, 3.63) is 53.1 Å². The number of carbonyl (C=O) groups excluding carboxylic acids is 1. The van der Waals surface area contributed by atoms with Crippen molar-refractivity contribution in [2.45, 2.75) is 33.2 Å². The summed E-state index contributed by atoms with van der Waals surface area (Å²) in [6.45, 7) is 7.23. The first-order valence-electron chi connectivity index (χ1n) is 9.14. The Labute approximate surface area is 162 Å². The molecule has 0 unspecified atom stereocenters. The average molecular weight is 370 g/mol. The maximum Gasteiger partial charge on any atom is 0.238 e. The highest BCUT2D eigenvalue weighted by atomic mass is 16.5. The van der Waals surface area contributed by atoms with Gasteiger partial charge in [0.05, 0.1) is 20.8 Å². The summed E-state index contributed by atoms with van der Waals surface area (Å²) in [5, 5.41) is 3.04. The molecule has 2 aromatic carbocycles. The maximum atomic E-state index is 12.5. The Morgan fingerprint density at radius 3 is 2.37 bits per heavy atom. The van der Waals surface area contributed by atoms with Gasteiger partial charge in [0.2, 0.25) is 5.91 Å². The minimum Gasteiger partial charge on any atom is -0.493 e. The van der Waals surface area contributed by atoms with Crippen LogP contribution in [0.4, 0.5) is 5.69 Å². The summed E-state index contributed by atoms with van der Waals surface area (Å²) >= 11 is 0. The zero-order chi connectivity index (χ0) is 20.0. The number of methoxy groups -OCH3 is 2. The van der Waals surface area contributed by atoms with Crippen LogP contribution in [0.25, 0.3) is 0 Å². The van der Waals surface area contributed by atoms with Gasteiger partial charge in [-0.25, -0.2) is 0 Å². The lowest BCUT2D eigenvalue weighted by Gasteiger charge is -2.20. The second-order valence-electron chi connectivity index (χ2n) is 7.10. The predicted molar refractivity (Wildman–Crippen MR) is 110 cm³/mol. The zero-order valence-corrected chi connectivity index (χ0v) is 17.1. The third-order valence-electron chi connectivity index (χ3n) is 4.55. The molecular formula is C22H30N2O3. The Morgan fingerprint density at radius 2 is 1.74 bits per heavy atom. The molecule has 1 N–H and O–H groups in total. The van der Waals surface area contributed by atoms with Gasteiger partial charge in [0.1, 0.15) is 0 Å². The highest BCUT2D eigenvalue weighted by Crippen LogP contribution is 2.30. The molecule has 0 aliphatic heterocycles. The number of para-hydroxylation sites is 1. The van der Waals surface area contributed by atoms with Gasteiger partial charge in [0.15, 0.2) is 11.5 Å². The number of ether oxygens (including phenoxy) is 2. The fourth-order valence-electron chi connectivity index (χ4n) is 3.09. The Balaban J connectivity index is 2.04. The first kappa shape index (κ1) is 20.8. The van der Waals surface area contributed by atoms with Gasteiger partial charge in [0.25, 0.3) is 0 Å². The number of nitrogens with one attached hydrogen (secondary N) is 1. The molecule has 2 aromatic rings. The molecule has 0 fully saturated rings. The van der Waals surface area contributed by atoms with Crippen molar-refractivity contribution < 1.29 is 14.3 Å². The van der Waals surface area contributed by atoms with Gasteiger partial charge in [-0.05, 0) is 54.8 Å². The molecule has 0 aliphatic rings. The lowest BCUT2D eigenvalue weighted by Crippen LogP contribution is -2.30. The molecule has 0 aliphatic carbocycles. The van der Waals surface area contributed by atoms with E-state index in [0.29, 0.717) is 30.5 Å². The molecule has 5 heteroatoms. The van der Waals surface area contributed by atoms with Gasteiger partial charge >= 0.3 is 0 Å². The van der Waals surface area contributed by atoms with Crippen LogP contribution >= 0.6 is 0 Å². The van der Waals surface area contributed by atoms with Crippen LogP contribution in [0, 0.1) is 6.92 Å². The fraction of sp³-hybridized carbons (Fsp3) is 0.409. The SMILES string of the molecule is COc1cc(C)c(CN(C)CC(=O)Nc2ccccc2C(C)C)cc1OC. The Bertz CT molecular complexity index is 787. The van der Waals surface area contributed by atoms with E-state index in [1.807, 2.05) is 49.2 Å². The second kappa shape index (κ2) is 9.42. The minimum atomic E-state index is -0.0243. The standard InChI is InChI=1S/C22H30N2O3/c1-15(2)18-9-7-8-10-19(18)23-22(25)14-24(4)13-17-12-21(27-6)20(26-5)11-16(17)3/h7-12,15H,13-14H2,1-6H3,(H,23,25). The number of amides is 1. The second-order valence-corrected chi connectivity index (χ2v) is 7.10. The number of nitrogens with zero attached hydrogens (tertiary/aromatic N) is 1. The molecule has 5 nitrogen and oxygen atoms in total. The molecule has 0 heterocycles. The number of hydrogen-bond donors (Lipinski definition) is 1. The largest absolute Gasteiger partial charge is 0.493 e. The van der Waals surface area contributed by atoms with E-state index in [1.54, 1.807) is 14.2 Å². The van der Waals surface area contributed by atoms with Crippen LogP contribution < -0.4 is 14.8 Å². The number of rotatable bonds is 8. The van der Waals surface area contributed by atoms with Crippen LogP contribution in [0.15, 0.2) is 36.4 Å². The smallest absolute Gasteiger partial charge is 0.238 e. The molecule has 0 aromatic heterocycles. The van der Waals surface area contributed by atoms with Gasteiger partial charge < -0.3 is 14.8 Å². The number of aryl methyl sites for hydroxylation is 1. The summed E-state index contributed by atoms with van der Waals surface area (Å²) in [6.07, 6.45) is 0. The third kappa shape index (κ3) is 5.47. The van der Waals surface area contributed by atoms with Crippen LogP contribution in [0.2, 0.25) is 0 Å². The van der Waals surface area contributed by atoms with Crippen molar-refractivity contribution in [2.24, 2.45) is 0 Å². The highest BCUT2D eigenvalue weighted by molar-refractivity contribution is 5.93. The van der Waals surface area contributed by atoms with E-state index >= 15 is 0 Å². The minimum absolute atomic E-state index is 0.0243. The lowest BCUT2D eigenvalue weighted by atomic mass is 10.0. The molecule has 0 radical (unpaired) electrons. The van der Waals surface area contributed by atoms with E-state index in [-0.39, 0.29) is 5.91 Å². The number of likely N-dealkylation sites (N-methyl/N-ethyl adjacent to an activating group) is 1. The molecule has 27 heavy (non-hydrogen) atoms. The van der Waals surface area contributed by atoms with E-state index < -0.39 is 0 Å². The van der Waals surface area contributed by atoms with Crippen molar-refractivity contribution in [1.29, 1.82) is 0 Å². The lowest BCUT2D eigenvalue weighted by molar-refractivity contribution is -0.117. The summed E-state index contributed by atoms with van der Waals surface area (Å²) in [4.78, 5) is 14.5. The maximum absolute atomic E-state index is 12.5. The van der Waals surface area contributed by atoms with E-state index in [0.717, 1.165) is 22.4 Å². The van der Waals surface area contributed by atoms with Crippen LogP contribution in [-0.4, -0.2) is 38.6 Å². The molecule has 0 atom stereocenters. The molecule has 0 bridgehead atoms. The van der Waals surface area contributed by atoms with Gasteiger partial charge in [-0.1, -0.05) is 32.0 Å². The van der Waals surface area contributed by atoms with Gasteiger partial charge in [-0.15, -0.1) is 0 Å². The first-order chi connectivity index (χ1) is 12.8. The normalized spacial score (nSPS) is 11.0. The molecule has 2 rings (SSSR count). The van der Waals surface area contributed by atoms with Crippen molar-refractivity contribution in [2.75, 3.05) is 33.1 Å². The van der Waals surface area contributed by atoms with Crippen molar-refractivity contribution in [3.8, 4) is 11.5 Å². The van der Waals surface area contributed by atoms with Crippen molar-refractivity contribution >= 4 is 11.6 Å². The predicted octanol–water partition coefficient (Wildman–Crippen LogP) is 4.21. The van der Waals surface area contributed by atoms with Crippen molar-refractivity contribution in [3.63, 3.8) is 0 Å². The third-order valence-corrected chi connectivity index (χ3v) is 4.55.